The van der Waals surface area contributed by atoms with Gasteiger partial charge in [-0.05, 0) is 46.9 Å². The van der Waals surface area contributed by atoms with Crippen molar-refractivity contribution in [3.63, 3.8) is 0 Å². The summed E-state index contributed by atoms with van der Waals surface area (Å²) in [4.78, 5) is 46.8. The van der Waals surface area contributed by atoms with E-state index in [0.717, 1.165) is 29.0 Å². The first kappa shape index (κ1) is 29.0. The molecule has 0 spiro atoms. The van der Waals surface area contributed by atoms with Crippen molar-refractivity contribution in [1.29, 1.82) is 0 Å². The molecule has 5 rings (SSSR count). The minimum atomic E-state index is -4.41. The summed E-state index contributed by atoms with van der Waals surface area (Å²) in [5.41, 5.74) is 2.46. The van der Waals surface area contributed by atoms with E-state index in [0.29, 0.717) is 29.6 Å². The number of carbonyl (C=O) groups excluding carboxylic acids is 1. The summed E-state index contributed by atoms with van der Waals surface area (Å²) in [5, 5.41) is 13.1. The number of carboxylic acids is 1. The number of aromatic nitrogens is 2. The Morgan fingerprint density at radius 1 is 1.12 bits per heavy atom. The van der Waals surface area contributed by atoms with Crippen LogP contribution in [0.4, 0.5) is 13.2 Å². The Hall–Kier alpha value is -4.51. The minimum absolute atomic E-state index is 0.0970. The zero-order valence-electron chi connectivity index (χ0n) is 22.9. The van der Waals surface area contributed by atoms with Gasteiger partial charge >= 0.3 is 12.1 Å². The first-order valence-electron chi connectivity index (χ1n) is 13.4. The Bertz CT molecular complexity index is 1700. The number of amides is 1. The second-order valence-corrected chi connectivity index (χ2v) is 10.8. The number of carbonyl (C=O) groups is 2. The van der Waals surface area contributed by atoms with E-state index in [4.69, 9.17) is 0 Å². The highest BCUT2D eigenvalue weighted by atomic mass is 19.4. The molecule has 1 unspecified atom stereocenters. The van der Waals surface area contributed by atoms with E-state index >= 15 is 0 Å². The third-order valence-corrected chi connectivity index (χ3v) is 7.47. The van der Waals surface area contributed by atoms with Gasteiger partial charge in [0.2, 0.25) is 5.56 Å². The lowest BCUT2D eigenvalue weighted by Crippen LogP contribution is -2.42. The summed E-state index contributed by atoms with van der Waals surface area (Å²) in [7, 11) is 0. The molecule has 0 bridgehead atoms. The molecule has 0 fully saturated rings. The van der Waals surface area contributed by atoms with Crippen LogP contribution in [0.1, 0.15) is 58.2 Å². The molecule has 3 N–H and O–H groups in total. The molecule has 0 aliphatic carbocycles. The first-order chi connectivity index (χ1) is 19.9. The van der Waals surface area contributed by atoms with E-state index in [1.54, 1.807) is 30.3 Å². The largest absolute Gasteiger partial charge is 0.480 e. The fourth-order valence-electron chi connectivity index (χ4n) is 5.56. The molecule has 0 saturated heterocycles. The lowest BCUT2D eigenvalue weighted by molar-refractivity contribution is -0.139. The molecule has 1 amide bonds. The predicted octanol–water partition coefficient (Wildman–Crippen LogP) is 5.08. The number of hydrogen-bond donors (Lipinski definition) is 3. The van der Waals surface area contributed by atoms with Crippen LogP contribution in [0.3, 0.4) is 0 Å². The molecular formula is C31H29F3N4O4. The fraction of sp³-hybridized carbons (Fsp3) is 0.290. The van der Waals surface area contributed by atoms with E-state index < -0.39 is 29.7 Å². The number of fused-ring (bicyclic) bond motifs is 2. The van der Waals surface area contributed by atoms with Crippen LogP contribution in [-0.4, -0.2) is 37.9 Å². The standard InChI is InChI=1S/C31H29F3N4O4/c1-17(2)28-27-21(16-38(28)15-18-7-9-22(10-8-18)31(32,33)34)11-20(14-35-27)29(40)37-25(30(41)42)12-19-13-26(39)36-24-6-4-3-5-23(19)24/h3-11,13-14,17,25,28H,12,15-16H2,1-2H3,(H,36,39)(H,37,40)(H,41,42)/t25?,28-/m0/s1. The molecule has 3 heterocycles. The number of rotatable bonds is 8. The molecule has 2 aromatic heterocycles. The van der Waals surface area contributed by atoms with E-state index in [-0.39, 0.29) is 29.5 Å². The van der Waals surface area contributed by atoms with Crippen LogP contribution < -0.4 is 10.9 Å². The highest BCUT2D eigenvalue weighted by Gasteiger charge is 2.35. The van der Waals surface area contributed by atoms with Gasteiger partial charge in [0.05, 0.1) is 22.9 Å². The maximum atomic E-state index is 13.2. The van der Waals surface area contributed by atoms with Gasteiger partial charge in [-0.3, -0.25) is 19.5 Å². The van der Waals surface area contributed by atoms with Gasteiger partial charge in [0.1, 0.15) is 6.04 Å². The number of nitrogens with one attached hydrogen (secondary N) is 2. The maximum Gasteiger partial charge on any atom is 0.416 e. The number of halogens is 3. The topological polar surface area (TPSA) is 115 Å². The maximum absolute atomic E-state index is 13.2. The van der Waals surface area contributed by atoms with Crippen molar-refractivity contribution >= 4 is 22.8 Å². The first-order valence-corrected chi connectivity index (χ1v) is 13.4. The molecular weight excluding hydrogens is 549 g/mol. The molecule has 42 heavy (non-hydrogen) atoms. The monoisotopic (exact) mass is 578 g/mol. The van der Waals surface area contributed by atoms with E-state index in [1.165, 1.54) is 24.4 Å². The van der Waals surface area contributed by atoms with Crippen molar-refractivity contribution in [2.45, 2.75) is 51.6 Å². The van der Waals surface area contributed by atoms with Crippen molar-refractivity contribution in [2.24, 2.45) is 5.92 Å². The summed E-state index contributed by atoms with van der Waals surface area (Å²) in [6.45, 7) is 4.87. The minimum Gasteiger partial charge on any atom is -0.480 e. The number of carboxylic acid groups (broad SMARTS) is 1. The highest BCUT2D eigenvalue weighted by molar-refractivity contribution is 5.96. The van der Waals surface area contributed by atoms with Crippen molar-refractivity contribution in [3.05, 3.63) is 111 Å². The third kappa shape index (κ3) is 6.06. The number of benzene rings is 2. The van der Waals surface area contributed by atoms with Crippen molar-refractivity contribution in [2.75, 3.05) is 0 Å². The Labute approximate surface area is 239 Å². The zero-order chi connectivity index (χ0) is 30.2. The van der Waals surface area contributed by atoms with Crippen LogP contribution in [0.15, 0.2) is 71.7 Å². The van der Waals surface area contributed by atoms with Crippen LogP contribution >= 0.6 is 0 Å². The fourth-order valence-corrected chi connectivity index (χ4v) is 5.56. The van der Waals surface area contributed by atoms with E-state index in [9.17, 15) is 32.7 Å². The van der Waals surface area contributed by atoms with Crippen LogP contribution in [0.2, 0.25) is 0 Å². The Morgan fingerprint density at radius 3 is 2.50 bits per heavy atom. The number of nitrogens with zero attached hydrogens (tertiary/aromatic N) is 2. The molecule has 2 atom stereocenters. The van der Waals surface area contributed by atoms with E-state index in [2.05, 4.69) is 20.2 Å². The van der Waals surface area contributed by atoms with Gasteiger partial charge in [-0.1, -0.05) is 44.2 Å². The lowest BCUT2D eigenvalue weighted by atomic mass is 9.99. The molecule has 11 heteroatoms. The normalized spacial score (nSPS) is 16.0. The summed E-state index contributed by atoms with van der Waals surface area (Å²) in [6, 6.07) is 13.7. The number of pyridine rings is 2. The molecule has 1 aliphatic rings. The SMILES string of the molecule is CC(C)[C@H]1c2ncc(C(=O)NC(Cc3cc(=O)[nH]c4ccccc34)C(=O)O)cc2CN1Cc1ccc(C(F)(F)F)cc1. The molecule has 218 valence electrons. The van der Waals surface area contributed by atoms with E-state index in [1.807, 2.05) is 13.8 Å². The number of aliphatic carboxylic acids is 1. The predicted molar refractivity (Wildman–Crippen MR) is 150 cm³/mol. The quantitative estimate of drug-likeness (QED) is 0.269. The number of alkyl halides is 3. The summed E-state index contributed by atoms with van der Waals surface area (Å²) in [6.07, 6.45) is -3.09. The Kier molecular flexibility index (Phi) is 7.87. The van der Waals surface area contributed by atoms with Gasteiger partial charge in [0.25, 0.3) is 5.91 Å². The smallest absolute Gasteiger partial charge is 0.416 e. The van der Waals surface area contributed by atoms with Gasteiger partial charge in [-0.15, -0.1) is 0 Å². The third-order valence-electron chi connectivity index (χ3n) is 7.47. The Balaban J connectivity index is 1.34. The molecule has 0 saturated carbocycles. The van der Waals surface area contributed by atoms with Crippen molar-refractivity contribution in [1.82, 2.24) is 20.2 Å². The average Bonchev–Trinajstić information content (AvgIpc) is 3.29. The van der Waals surface area contributed by atoms with Gasteiger partial charge in [0.15, 0.2) is 0 Å². The van der Waals surface area contributed by atoms with Gasteiger partial charge in [0, 0.05) is 42.7 Å². The summed E-state index contributed by atoms with van der Waals surface area (Å²) < 4.78 is 39.0. The van der Waals surface area contributed by atoms with Crippen LogP contribution in [0.25, 0.3) is 10.9 Å². The average molecular weight is 579 g/mol. The Morgan fingerprint density at radius 2 is 1.83 bits per heavy atom. The van der Waals surface area contributed by atoms with Crippen LogP contribution in [-0.2, 0) is 30.5 Å². The van der Waals surface area contributed by atoms with Gasteiger partial charge in [-0.2, -0.15) is 13.2 Å². The molecule has 4 aromatic rings. The highest BCUT2D eigenvalue weighted by Crippen LogP contribution is 2.39. The number of H-pyrrole nitrogens is 1. The van der Waals surface area contributed by atoms with Crippen molar-refractivity contribution in [3.8, 4) is 0 Å². The van der Waals surface area contributed by atoms with Crippen LogP contribution in [0.5, 0.6) is 0 Å². The molecule has 1 aliphatic heterocycles. The molecule has 2 aromatic carbocycles. The second kappa shape index (κ2) is 11.4. The molecule has 0 radical (unpaired) electrons. The van der Waals surface area contributed by atoms with Gasteiger partial charge in [-0.25, -0.2) is 4.79 Å². The van der Waals surface area contributed by atoms with Gasteiger partial charge < -0.3 is 15.4 Å². The lowest BCUT2D eigenvalue weighted by Gasteiger charge is -2.27. The zero-order valence-corrected chi connectivity index (χ0v) is 22.9. The van der Waals surface area contributed by atoms with Crippen LogP contribution in [0, 0.1) is 5.92 Å². The number of hydrogen-bond acceptors (Lipinski definition) is 5. The summed E-state index contributed by atoms with van der Waals surface area (Å²) in [5.74, 6) is -1.73. The second-order valence-electron chi connectivity index (χ2n) is 10.8. The summed E-state index contributed by atoms with van der Waals surface area (Å²) >= 11 is 0. The molecule has 8 nitrogen and oxygen atoms in total. The van der Waals surface area contributed by atoms with Crippen molar-refractivity contribution < 1.29 is 27.9 Å². The number of para-hydroxylation sites is 1. The number of aromatic amines is 1.